The van der Waals surface area contributed by atoms with E-state index in [1.165, 1.54) is 30.4 Å². The van der Waals surface area contributed by atoms with E-state index >= 15 is 0 Å². The zero-order chi connectivity index (χ0) is 19.1. The van der Waals surface area contributed by atoms with E-state index in [-0.39, 0.29) is 13.2 Å². The first-order valence-electron chi connectivity index (χ1n) is 7.49. The third-order valence-corrected chi connectivity index (χ3v) is 3.33. The summed E-state index contributed by atoms with van der Waals surface area (Å²) in [6.45, 7) is 0.0289. The molecule has 1 aromatic rings. The van der Waals surface area contributed by atoms with Gasteiger partial charge in [-0.25, -0.2) is 9.59 Å². The minimum absolute atomic E-state index is 0.000824. The van der Waals surface area contributed by atoms with Crippen LogP contribution in [0.15, 0.2) is 42.5 Å². The summed E-state index contributed by atoms with van der Waals surface area (Å²) in [5.74, 6) is -2.81. The van der Waals surface area contributed by atoms with E-state index in [0.29, 0.717) is 16.9 Å². The topological polar surface area (TPSA) is 121 Å². The molecular weight excluding hydrogens is 342 g/mol. The highest BCUT2D eigenvalue weighted by Gasteiger charge is 2.22. The predicted molar refractivity (Wildman–Crippen MR) is 91.1 cm³/mol. The summed E-state index contributed by atoms with van der Waals surface area (Å²) in [6.07, 6.45) is 6.92. The van der Waals surface area contributed by atoms with Crippen LogP contribution in [0.4, 0.5) is 0 Å². The molecular formula is C18H15NO7. The lowest BCUT2D eigenvalue weighted by Crippen LogP contribution is -2.33. The Morgan fingerprint density at radius 3 is 2.23 bits per heavy atom. The summed E-state index contributed by atoms with van der Waals surface area (Å²) >= 11 is 0. The van der Waals surface area contributed by atoms with Gasteiger partial charge in [-0.1, -0.05) is 12.1 Å². The van der Waals surface area contributed by atoms with Gasteiger partial charge in [0.1, 0.15) is 12.4 Å². The average molecular weight is 357 g/mol. The number of carboxylic acid groups (broad SMARTS) is 2. The third kappa shape index (κ3) is 5.17. The predicted octanol–water partition coefficient (Wildman–Crippen LogP) is 1.19. The SMILES string of the molecule is O=C(O)C=Cc1ccc(C=CC(=O)O)c(OCCN2C(=O)C=CC2=O)c1. The monoisotopic (exact) mass is 357 g/mol. The molecule has 1 aliphatic heterocycles. The summed E-state index contributed by atoms with van der Waals surface area (Å²) in [5.41, 5.74) is 0.988. The van der Waals surface area contributed by atoms with E-state index in [4.69, 9.17) is 14.9 Å². The number of carbonyl (C=O) groups is 4. The Bertz CT molecular complexity index is 818. The average Bonchev–Trinajstić information content (AvgIpc) is 2.90. The molecule has 0 fully saturated rings. The van der Waals surface area contributed by atoms with Crippen LogP contribution < -0.4 is 4.74 Å². The van der Waals surface area contributed by atoms with Gasteiger partial charge >= 0.3 is 11.9 Å². The van der Waals surface area contributed by atoms with Gasteiger partial charge in [-0.15, -0.1) is 0 Å². The second-order valence-corrected chi connectivity index (χ2v) is 5.15. The fourth-order valence-corrected chi connectivity index (χ4v) is 2.14. The highest BCUT2D eigenvalue weighted by atomic mass is 16.5. The van der Waals surface area contributed by atoms with E-state index in [2.05, 4.69) is 0 Å². The molecule has 2 N–H and O–H groups in total. The third-order valence-electron chi connectivity index (χ3n) is 3.33. The molecule has 2 rings (SSSR count). The summed E-state index contributed by atoms with van der Waals surface area (Å²) in [7, 11) is 0. The molecule has 2 amide bonds. The summed E-state index contributed by atoms with van der Waals surface area (Å²) < 4.78 is 5.58. The van der Waals surface area contributed by atoms with Gasteiger partial charge in [0.15, 0.2) is 0 Å². The van der Waals surface area contributed by atoms with Gasteiger partial charge in [0.05, 0.1) is 6.54 Å². The molecule has 0 radical (unpaired) electrons. The molecule has 0 unspecified atom stereocenters. The van der Waals surface area contributed by atoms with E-state index in [9.17, 15) is 19.2 Å². The lowest BCUT2D eigenvalue weighted by molar-refractivity contribution is -0.137. The van der Waals surface area contributed by atoms with Gasteiger partial charge in [0.25, 0.3) is 11.8 Å². The van der Waals surface area contributed by atoms with Gasteiger partial charge in [0.2, 0.25) is 0 Å². The van der Waals surface area contributed by atoms with Crippen molar-refractivity contribution in [3.8, 4) is 5.75 Å². The maximum absolute atomic E-state index is 11.5. The number of carbonyl (C=O) groups excluding carboxylic acids is 2. The highest BCUT2D eigenvalue weighted by Crippen LogP contribution is 2.23. The number of aliphatic carboxylic acids is 2. The summed E-state index contributed by atoms with van der Waals surface area (Å²) in [6, 6.07) is 4.71. The van der Waals surface area contributed by atoms with E-state index in [1.807, 2.05) is 0 Å². The zero-order valence-corrected chi connectivity index (χ0v) is 13.5. The molecule has 1 heterocycles. The molecule has 0 atom stereocenters. The number of carboxylic acids is 2. The minimum Gasteiger partial charge on any atom is -0.491 e. The largest absolute Gasteiger partial charge is 0.491 e. The van der Waals surface area contributed by atoms with Crippen LogP contribution >= 0.6 is 0 Å². The zero-order valence-electron chi connectivity index (χ0n) is 13.5. The maximum Gasteiger partial charge on any atom is 0.328 e. The first-order chi connectivity index (χ1) is 12.4. The Morgan fingerprint density at radius 1 is 1.00 bits per heavy atom. The standard InChI is InChI=1S/C18H15NO7/c20-15-5-6-16(21)19(15)9-10-26-14-11-12(2-7-17(22)23)1-3-13(14)4-8-18(24)25/h1-8,11H,9-10H2,(H,22,23)(H,24,25). The number of benzene rings is 1. The fraction of sp³-hybridized carbons (Fsp3) is 0.111. The number of hydrogen-bond acceptors (Lipinski definition) is 5. The normalized spacial score (nSPS) is 13.9. The second kappa shape index (κ2) is 8.43. The minimum atomic E-state index is -1.13. The van der Waals surface area contributed by atoms with Crippen molar-refractivity contribution in [1.82, 2.24) is 4.90 Å². The van der Waals surface area contributed by atoms with Gasteiger partial charge in [-0.3, -0.25) is 14.5 Å². The van der Waals surface area contributed by atoms with Crippen LogP contribution in [0.1, 0.15) is 11.1 Å². The van der Waals surface area contributed by atoms with Crippen molar-refractivity contribution in [1.29, 1.82) is 0 Å². The highest BCUT2D eigenvalue weighted by molar-refractivity contribution is 6.12. The van der Waals surface area contributed by atoms with E-state index in [1.54, 1.807) is 12.1 Å². The first kappa shape index (κ1) is 18.7. The second-order valence-electron chi connectivity index (χ2n) is 5.15. The Kier molecular flexibility index (Phi) is 6.05. The van der Waals surface area contributed by atoms with Crippen LogP contribution in [-0.2, 0) is 19.2 Å². The van der Waals surface area contributed by atoms with Gasteiger partial charge in [0, 0.05) is 29.9 Å². The Balaban J connectivity index is 2.14. The lowest BCUT2D eigenvalue weighted by Gasteiger charge is -2.15. The number of hydrogen-bond donors (Lipinski definition) is 2. The first-order valence-corrected chi connectivity index (χ1v) is 7.49. The van der Waals surface area contributed by atoms with Crippen molar-refractivity contribution in [3.63, 3.8) is 0 Å². The quantitative estimate of drug-likeness (QED) is 0.529. The van der Waals surface area contributed by atoms with E-state index < -0.39 is 23.8 Å². The van der Waals surface area contributed by atoms with Crippen LogP contribution in [0.5, 0.6) is 5.75 Å². The lowest BCUT2D eigenvalue weighted by atomic mass is 10.1. The molecule has 8 nitrogen and oxygen atoms in total. The molecule has 26 heavy (non-hydrogen) atoms. The maximum atomic E-state index is 11.5. The Labute approximate surface area is 148 Å². The fourth-order valence-electron chi connectivity index (χ4n) is 2.14. The molecule has 134 valence electrons. The number of rotatable bonds is 8. The van der Waals surface area contributed by atoms with Crippen LogP contribution in [0.2, 0.25) is 0 Å². The van der Waals surface area contributed by atoms with Crippen molar-refractivity contribution < 1.29 is 34.1 Å². The van der Waals surface area contributed by atoms with Crippen LogP contribution in [0, 0.1) is 0 Å². The smallest absolute Gasteiger partial charge is 0.328 e. The molecule has 0 saturated carbocycles. The summed E-state index contributed by atoms with van der Waals surface area (Å²) in [5, 5.41) is 17.4. The van der Waals surface area contributed by atoms with Crippen molar-refractivity contribution >= 4 is 35.9 Å². The Hall–Kier alpha value is -3.68. The molecule has 0 spiro atoms. The molecule has 0 aromatic heterocycles. The molecule has 1 aromatic carbocycles. The molecule has 0 saturated heterocycles. The van der Waals surface area contributed by atoms with Crippen molar-refractivity contribution in [2.45, 2.75) is 0 Å². The van der Waals surface area contributed by atoms with Crippen LogP contribution in [-0.4, -0.2) is 52.0 Å². The van der Waals surface area contributed by atoms with Gasteiger partial charge in [-0.2, -0.15) is 0 Å². The van der Waals surface area contributed by atoms with Crippen LogP contribution in [0.25, 0.3) is 12.2 Å². The van der Waals surface area contributed by atoms with Crippen molar-refractivity contribution in [2.75, 3.05) is 13.2 Å². The van der Waals surface area contributed by atoms with Crippen LogP contribution in [0.3, 0.4) is 0 Å². The van der Waals surface area contributed by atoms with Crippen molar-refractivity contribution in [3.05, 3.63) is 53.6 Å². The number of amides is 2. The number of ether oxygens (including phenoxy) is 1. The van der Waals surface area contributed by atoms with Gasteiger partial charge < -0.3 is 14.9 Å². The summed E-state index contributed by atoms with van der Waals surface area (Å²) in [4.78, 5) is 45.3. The molecule has 8 heteroatoms. The van der Waals surface area contributed by atoms with Crippen molar-refractivity contribution in [2.24, 2.45) is 0 Å². The van der Waals surface area contributed by atoms with Gasteiger partial charge in [-0.05, 0) is 23.8 Å². The molecule has 0 bridgehead atoms. The molecule has 1 aliphatic rings. The molecule has 0 aliphatic carbocycles. The van der Waals surface area contributed by atoms with E-state index in [0.717, 1.165) is 17.1 Å². The number of nitrogens with zero attached hydrogens (tertiary/aromatic N) is 1. The Morgan fingerprint density at radius 2 is 1.62 bits per heavy atom. The number of imide groups is 1.